The lowest BCUT2D eigenvalue weighted by molar-refractivity contribution is 0.414. The van der Waals surface area contributed by atoms with E-state index in [2.05, 4.69) is 53.5 Å². The van der Waals surface area contributed by atoms with Gasteiger partial charge in [-0.3, -0.25) is 0 Å². The highest BCUT2D eigenvalue weighted by Crippen LogP contribution is 2.24. The van der Waals surface area contributed by atoms with Crippen LogP contribution in [0.15, 0.2) is 48.5 Å². The van der Waals surface area contributed by atoms with Crippen LogP contribution in [0.5, 0.6) is 5.75 Å². The Morgan fingerprint density at radius 2 is 1.80 bits per heavy atom. The molecule has 20 heavy (non-hydrogen) atoms. The predicted octanol–water partition coefficient (Wildman–Crippen LogP) is 3.93. The first-order valence-corrected chi connectivity index (χ1v) is 6.78. The number of methoxy groups -OCH3 is 1. The van der Waals surface area contributed by atoms with Crippen molar-refractivity contribution in [3.8, 4) is 5.75 Å². The minimum absolute atomic E-state index is 0.225. The Kier molecular flexibility index (Phi) is 4.51. The van der Waals surface area contributed by atoms with Gasteiger partial charge >= 0.3 is 0 Å². The van der Waals surface area contributed by atoms with Crippen molar-refractivity contribution in [3.63, 3.8) is 0 Å². The van der Waals surface area contributed by atoms with Gasteiger partial charge in [-0.15, -0.1) is 0 Å². The van der Waals surface area contributed by atoms with Crippen molar-refractivity contribution >= 4 is 11.4 Å². The molecule has 0 amide bonds. The summed E-state index contributed by atoms with van der Waals surface area (Å²) in [5.41, 5.74) is 3.51. The fourth-order valence-electron chi connectivity index (χ4n) is 2.12. The van der Waals surface area contributed by atoms with Crippen LogP contribution in [0, 0.1) is 0 Å². The van der Waals surface area contributed by atoms with Gasteiger partial charge < -0.3 is 15.0 Å². The van der Waals surface area contributed by atoms with Crippen molar-refractivity contribution < 1.29 is 4.74 Å². The Labute approximate surface area is 121 Å². The number of anilines is 2. The predicted molar refractivity (Wildman–Crippen MR) is 85.8 cm³/mol. The van der Waals surface area contributed by atoms with Crippen LogP contribution in [0.3, 0.4) is 0 Å². The Balaban J connectivity index is 2.14. The van der Waals surface area contributed by atoms with Gasteiger partial charge in [0.25, 0.3) is 0 Å². The zero-order valence-electron chi connectivity index (χ0n) is 12.6. The molecule has 2 aromatic carbocycles. The molecule has 3 heteroatoms. The van der Waals surface area contributed by atoms with Gasteiger partial charge in [0.1, 0.15) is 5.75 Å². The molecule has 106 valence electrons. The molecule has 3 nitrogen and oxygen atoms in total. The van der Waals surface area contributed by atoms with E-state index in [1.54, 1.807) is 7.11 Å². The summed E-state index contributed by atoms with van der Waals surface area (Å²) in [4.78, 5) is 2.10. The summed E-state index contributed by atoms with van der Waals surface area (Å²) in [6.45, 7) is 2.15. The number of hydrogen-bond acceptors (Lipinski definition) is 3. The van der Waals surface area contributed by atoms with Crippen LogP contribution in [0.2, 0.25) is 0 Å². The summed E-state index contributed by atoms with van der Waals surface area (Å²) in [5.74, 6) is 0.887. The Morgan fingerprint density at radius 3 is 2.50 bits per heavy atom. The lowest BCUT2D eigenvalue weighted by Gasteiger charge is -2.19. The third-order valence-electron chi connectivity index (χ3n) is 3.34. The number of hydrogen-bond donors (Lipinski definition) is 1. The van der Waals surface area contributed by atoms with E-state index in [4.69, 9.17) is 4.74 Å². The lowest BCUT2D eigenvalue weighted by Crippen LogP contribution is -2.10. The SMILES string of the molecule is COc1cccc(C(C)Nc2cccc(N(C)C)c2)c1. The third kappa shape index (κ3) is 3.44. The molecule has 0 fully saturated rings. The van der Waals surface area contributed by atoms with E-state index in [1.165, 1.54) is 11.3 Å². The largest absolute Gasteiger partial charge is 0.497 e. The molecule has 1 unspecified atom stereocenters. The van der Waals surface area contributed by atoms with Crippen LogP contribution in [0.4, 0.5) is 11.4 Å². The second-order valence-electron chi connectivity index (χ2n) is 5.09. The van der Waals surface area contributed by atoms with Crippen LogP contribution in [-0.2, 0) is 0 Å². The Morgan fingerprint density at radius 1 is 1.05 bits per heavy atom. The molecule has 0 bridgehead atoms. The summed E-state index contributed by atoms with van der Waals surface area (Å²) in [7, 11) is 5.78. The summed E-state index contributed by atoms with van der Waals surface area (Å²) < 4.78 is 5.27. The van der Waals surface area contributed by atoms with Crippen LogP contribution >= 0.6 is 0 Å². The molecule has 0 aliphatic carbocycles. The van der Waals surface area contributed by atoms with Crippen molar-refractivity contribution in [1.29, 1.82) is 0 Å². The summed E-state index contributed by atoms with van der Waals surface area (Å²) in [5, 5.41) is 3.52. The van der Waals surface area contributed by atoms with Crippen molar-refractivity contribution in [3.05, 3.63) is 54.1 Å². The monoisotopic (exact) mass is 270 g/mol. The number of rotatable bonds is 5. The highest BCUT2D eigenvalue weighted by Gasteiger charge is 2.07. The van der Waals surface area contributed by atoms with Gasteiger partial charge in [-0.2, -0.15) is 0 Å². The molecule has 0 aliphatic rings. The molecule has 0 aromatic heterocycles. The molecular weight excluding hydrogens is 248 g/mol. The van der Waals surface area contributed by atoms with Gasteiger partial charge in [-0.1, -0.05) is 18.2 Å². The molecule has 0 heterocycles. The van der Waals surface area contributed by atoms with E-state index in [0.717, 1.165) is 11.4 Å². The summed E-state index contributed by atoms with van der Waals surface area (Å²) in [6.07, 6.45) is 0. The van der Waals surface area contributed by atoms with Gasteiger partial charge in [0.05, 0.1) is 7.11 Å². The molecule has 0 spiro atoms. The molecule has 0 saturated heterocycles. The fraction of sp³-hybridized carbons (Fsp3) is 0.294. The van der Waals surface area contributed by atoms with E-state index in [-0.39, 0.29) is 6.04 Å². The average molecular weight is 270 g/mol. The molecule has 1 atom stereocenters. The number of nitrogens with zero attached hydrogens (tertiary/aromatic N) is 1. The molecule has 2 rings (SSSR count). The first kappa shape index (κ1) is 14.3. The van der Waals surface area contributed by atoms with Crippen LogP contribution in [0.25, 0.3) is 0 Å². The highest BCUT2D eigenvalue weighted by molar-refractivity contribution is 5.58. The smallest absolute Gasteiger partial charge is 0.119 e. The quantitative estimate of drug-likeness (QED) is 0.890. The number of benzene rings is 2. The van der Waals surface area contributed by atoms with E-state index in [0.29, 0.717) is 0 Å². The minimum atomic E-state index is 0.225. The zero-order chi connectivity index (χ0) is 14.5. The standard InChI is InChI=1S/C17H22N2O/c1-13(14-7-5-10-17(11-14)20-4)18-15-8-6-9-16(12-15)19(2)3/h5-13,18H,1-4H3. The first-order valence-electron chi connectivity index (χ1n) is 6.78. The first-order chi connectivity index (χ1) is 9.60. The maximum Gasteiger partial charge on any atom is 0.119 e. The second-order valence-corrected chi connectivity index (χ2v) is 5.09. The van der Waals surface area contributed by atoms with E-state index in [1.807, 2.05) is 26.2 Å². The van der Waals surface area contributed by atoms with Gasteiger partial charge in [-0.05, 0) is 42.8 Å². The van der Waals surface area contributed by atoms with Gasteiger partial charge in [-0.25, -0.2) is 0 Å². The maximum atomic E-state index is 5.27. The fourth-order valence-corrected chi connectivity index (χ4v) is 2.12. The minimum Gasteiger partial charge on any atom is -0.497 e. The van der Waals surface area contributed by atoms with Crippen LogP contribution in [-0.4, -0.2) is 21.2 Å². The van der Waals surface area contributed by atoms with Gasteiger partial charge in [0.15, 0.2) is 0 Å². The van der Waals surface area contributed by atoms with Crippen molar-refractivity contribution in [2.75, 3.05) is 31.4 Å². The normalized spacial score (nSPS) is 11.8. The van der Waals surface area contributed by atoms with Crippen molar-refractivity contribution in [2.24, 2.45) is 0 Å². The zero-order valence-corrected chi connectivity index (χ0v) is 12.6. The van der Waals surface area contributed by atoms with Crippen LogP contribution < -0.4 is 15.0 Å². The average Bonchev–Trinajstić information content (AvgIpc) is 2.47. The second kappa shape index (κ2) is 6.33. The van der Waals surface area contributed by atoms with Crippen molar-refractivity contribution in [2.45, 2.75) is 13.0 Å². The van der Waals surface area contributed by atoms with E-state index in [9.17, 15) is 0 Å². The molecule has 0 radical (unpaired) electrons. The van der Waals surface area contributed by atoms with E-state index < -0.39 is 0 Å². The van der Waals surface area contributed by atoms with Gasteiger partial charge in [0, 0.05) is 31.5 Å². The molecule has 0 saturated carbocycles. The topological polar surface area (TPSA) is 24.5 Å². The Bertz CT molecular complexity index is 566. The number of ether oxygens (including phenoxy) is 1. The van der Waals surface area contributed by atoms with Crippen LogP contribution in [0.1, 0.15) is 18.5 Å². The van der Waals surface area contributed by atoms with Gasteiger partial charge in [0.2, 0.25) is 0 Å². The molecule has 2 aromatic rings. The van der Waals surface area contributed by atoms with E-state index >= 15 is 0 Å². The maximum absolute atomic E-state index is 5.27. The van der Waals surface area contributed by atoms with Crippen molar-refractivity contribution in [1.82, 2.24) is 0 Å². The molecular formula is C17H22N2O. The molecule has 0 aliphatic heterocycles. The lowest BCUT2D eigenvalue weighted by atomic mass is 10.1. The summed E-state index contributed by atoms with van der Waals surface area (Å²) in [6, 6.07) is 16.8. The summed E-state index contributed by atoms with van der Waals surface area (Å²) >= 11 is 0. The Hall–Kier alpha value is -2.16. The third-order valence-corrected chi connectivity index (χ3v) is 3.34. The highest BCUT2D eigenvalue weighted by atomic mass is 16.5. The number of nitrogens with one attached hydrogen (secondary N) is 1. The molecule has 1 N–H and O–H groups in total.